The summed E-state index contributed by atoms with van der Waals surface area (Å²) < 4.78 is 1.30. The van der Waals surface area contributed by atoms with Crippen LogP contribution in [-0.2, 0) is 9.59 Å². The van der Waals surface area contributed by atoms with E-state index < -0.39 is 11.9 Å². The van der Waals surface area contributed by atoms with Crippen LogP contribution in [0, 0.1) is 6.92 Å². The van der Waals surface area contributed by atoms with Gasteiger partial charge in [-0.25, -0.2) is 0 Å². The zero-order valence-electron chi connectivity index (χ0n) is 16.6. The van der Waals surface area contributed by atoms with E-state index in [1.807, 2.05) is 12.1 Å². The van der Waals surface area contributed by atoms with Crippen molar-refractivity contribution in [1.82, 2.24) is 9.88 Å². The Balaban J connectivity index is 2.06. The zero-order valence-corrected chi connectivity index (χ0v) is 17.3. The van der Waals surface area contributed by atoms with Gasteiger partial charge in [0.05, 0.1) is 5.92 Å². The number of carbonyl (C=O) groups excluding carboxylic acids is 2. The molecule has 2 atom stereocenters. The molecule has 1 aromatic carbocycles. The van der Waals surface area contributed by atoms with E-state index >= 15 is 0 Å². The number of allylic oxidation sites excluding steroid dienone is 2. The second kappa shape index (κ2) is 9.89. The molecule has 0 fully saturated rings. The monoisotopic (exact) mass is 413 g/mol. The first-order valence-electron chi connectivity index (χ1n) is 9.12. The molecule has 0 aliphatic heterocycles. The minimum absolute atomic E-state index is 0.162. The van der Waals surface area contributed by atoms with Crippen LogP contribution >= 0.6 is 11.6 Å². The van der Waals surface area contributed by atoms with Gasteiger partial charge in [-0.05, 0) is 62.2 Å². The number of carbonyl (C=O) groups is 2. The molecule has 3 N–H and O–H groups in total. The quantitative estimate of drug-likeness (QED) is 0.682. The van der Waals surface area contributed by atoms with Crippen molar-refractivity contribution >= 4 is 29.5 Å². The van der Waals surface area contributed by atoms with Gasteiger partial charge in [-0.15, -0.1) is 0 Å². The Kier molecular flexibility index (Phi) is 7.56. The predicted octanol–water partition coefficient (Wildman–Crippen LogP) is 3.30. The molecule has 152 valence electrons. The van der Waals surface area contributed by atoms with Crippen LogP contribution < -0.4 is 16.6 Å². The van der Waals surface area contributed by atoms with Crippen LogP contribution in [0.4, 0.5) is 0 Å². The fourth-order valence-corrected chi connectivity index (χ4v) is 2.79. The number of aromatic nitrogens is 1. The summed E-state index contributed by atoms with van der Waals surface area (Å²) in [5.74, 6) is -1.08. The SMILES string of the molecule is Cc1ccn([C@@H](C)C(N)=O)c(=O)c1/C=C\C=C\NC(=O)[C@@H](C)c1ccc(Cl)cc1. The second-order valence-electron chi connectivity index (χ2n) is 6.70. The van der Waals surface area contributed by atoms with Crippen molar-refractivity contribution in [1.29, 1.82) is 0 Å². The van der Waals surface area contributed by atoms with Gasteiger partial charge in [-0.2, -0.15) is 0 Å². The van der Waals surface area contributed by atoms with Gasteiger partial charge in [0.1, 0.15) is 6.04 Å². The van der Waals surface area contributed by atoms with Crippen LogP contribution in [0.15, 0.2) is 59.7 Å². The molecule has 0 spiro atoms. The first-order chi connectivity index (χ1) is 13.7. The number of halogens is 1. The molecule has 0 saturated carbocycles. The van der Waals surface area contributed by atoms with E-state index in [0.717, 1.165) is 11.1 Å². The van der Waals surface area contributed by atoms with E-state index in [1.165, 1.54) is 10.8 Å². The Morgan fingerprint density at radius 3 is 2.41 bits per heavy atom. The Morgan fingerprint density at radius 2 is 1.79 bits per heavy atom. The molecule has 2 amide bonds. The van der Waals surface area contributed by atoms with E-state index in [9.17, 15) is 14.4 Å². The number of rotatable bonds is 7. The number of nitrogens with zero attached hydrogens (tertiary/aromatic N) is 1. The number of benzene rings is 1. The zero-order chi connectivity index (χ0) is 21.6. The van der Waals surface area contributed by atoms with Gasteiger partial charge >= 0.3 is 0 Å². The van der Waals surface area contributed by atoms with Crippen LogP contribution in [0.5, 0.6) is 0 Å². The number of primary amides is 1. The van der Waals surface area contributed by atoms with E-state index in [-0.39, 0.29) is 17.4 Å². The number of aryl methyl sites for hydroxylation is 1. The van der Waals surface area contributed by atoms with Gasteiger partial charge in [0.2, 0.25) is 11.8 Å². The highest BCUT2D eigenvalue weighted by Gasteiger charge is 2.15. The molecule has 2 aromatic rings. The number of amides is 2. The Morgan fingerprint density at radius 1 is 1.14 bits per heavy atom. The molecule has 0 aliphatic carbocycles. The molecule has 0 aliphatic rings. The summed E-state index contributed by atoms with van der Waals surface area (Å²) in [5.41, 5.74) is 7.07. The summed E-state index contributed by atoms with van der Waals surface area (Å²) in [7, 11) is 0. The molecule has 1 aromatic heterocycles. The highest BCUT2D eigenvalue weighted by molar-refractivity contribution is 6.30. The first kappa shape index (κ1) is 22.2. The largest absolute Gasteiger partial charge is 0.368 e. The number of nitrogens with one attached hydrogen (secondary N) is 1. The third-order valence-electron chi connectivity index (χ3n) is 4.66. The Bertz CT molecular complexity index is 1010. The van der Waals surface area contributed by atoms with Crippen molar-refractivity contribution in [2.24, 2.45) is 5.73 Å². The summed E-state index contributed by atoms with van der Waals surface area (Å²) in [6.45, 7) is 5.18. The van der Waals surface area contributed by atoms with Crippen molar-refractivity contribution in [3.63, 3.8) is 0 Å². The summed E-state index contributed by atoms with van der Waals surface area (Å²) in [4.78, 5) is 36.2. The number of hydrogen-bond donors (Lipinski definition) is 2. The Labute approximate surface area is 174 Å². The molecular weight excluding hydrogens is 390 g/mol. The normalized spacial score (nSPS) is 13.5. The first-order valence-corrected chi connectivity index (χ1v) is 9.50. The number of nitrogens with two attached hydrogens (primary N) is 1. The van der Waals surface area contributed by atoms with Gasteiger partial charge in [0, 0.05) is 23.0 Å². The highest BCUT2D eigenvalue weighted by atomic mass is 35.5. The van der Waals surface area contributed by atoms with E-state index in [1.54, 1.807) is 63.4 Å². The highest BCUT2D eigenvalue weighted by Crippen LogP contribution is 2.18. The smallest absolute Gasteiger partial charge is 0.258 e. The van der Waals surface area contributed by atoms with Crippen molar-refractivity contribution < 1.29 is 9.59 Å². The lowest BCUT2D eigenvalue weighted by Crippen LogP contribution is -2.33. The van der Waals surface area contributed by atoms with Gasteiger partial charge < -0.3 is 15.6 Å². The third kappa shape index (κ3) is 5.68. The molecule has 0 bridgehead atoms. The lowest BCUT2D eigenvalue weighted by Gasteiger charge is -2.13. The van der Waals surface area contributed by atoms with Gasteiger partial charge in [-0.3, -0.25) is 14.4 Å². The molecule has 6 nitrogen and oxygen atoms in total. The average Bonchev–Trinajstić information content (AvgIpc) is 2.69. The summed E-state index contributed by atoms with van der Waals surface area (Å²) in [6, 6.07) is 8.12. The molecule has 1 heterocycles. The van der Waals surface area contributed by atoms with E-state index in [2.05, 4.69) is 5.32 Å². The van der Waals surface area contributed by atoms with Crippen LogP contribution in [0.25, 0.3) is 6.08 Å². The molecule has 0 unspecified atom stereocenters. The molecule has 0 radical (unpaired) electrons. The second-order valence-corrected chi connectivity index (χ2v) is 7.14. The van der Waals surface area contributed by atoms with Crippen molar-refractivity contribution in [3.8, 4) is 0 Å². The minimum Gasteiger partial charge on any atom is -0.368 e. The van der Waals surface area contributed by atoms with Gasteiger partial charge in [0.15, 0.2) is 0 Å². The maximum Gasteiger partial charge on any atom is 0.258 e. The molecule has 0 saturated heterocycles. The molecule has 2 rings (SSSR count). The number of hydrogen-bond acceptors (Lipinski definition) is 3. The minimum atomic E-state index is -0.737. The van der Waals surface area contributed by atoms with Crippen molar-refractivity contribution in [2.75, 3.05) is 0 Å². The maximum atomic E-state index is 12.6. The predicted molar refractivity (Wildman–Crippen MR) is 116 cm³/mol. The van der Waals surface area contributed by atoms with E-state index in [0.29, 0.717) is 10.6 Å². The maximum absolute atomic E-state index is 12.6. The van der Waals surface area contributed by atoms with Crippen LogP contribution in [0.3, 0.4) is 0 Å². The summed E-state index contributed by atoms with van der Waals surface area (Å²) in [6.07, 6.45) is 7.97. The fraction of sp³-hybridized carbons (Fsp3) is 0.227. The van der Waals surface area contributed by atoms with Gasteiger partial charge in [-0.1, -0.05) is 29.8 Å². The van der Waals surface area contributed by atoms with Crippen LogP contribution in [-0.4, -0.2) is 16.4 Å². The summed E-state index contributed by atoms with van der Waals surface area (Å²) >= 11 is 5.86. The van der Waals surface area contributed by atoms with Crippen molar-refractivity contribution in [3.05, 3.63) is 86.9 Å². The Hall–Kier alpha value is -3.12. The average molecular weight is 414 g/mol. The van der Waals surface area contributed by atoms with Gasteiger partial charge in [0.25, 0.3) is 5.56 Å². The number of pyridine rings is 1. The molecule has 29 heavy (non-hydrogen) atoms. The molecule has 7 heteroatoms. The lowest BCUT2D eigenvalue weighted by atomic mass is 10.0. The standard InChI is InChI=1S/C22H24ClN3O3/c1-14-11-13-26(16(3)20(24)27)22(29)19(14)6-4-5-12-25-21(28)15(2)17-7-9-18(23)10-8-17/h4-13,15-16H,1-3H3,(H2,24,27)(H,25,28)/b6-4-,12-5+/t15-,16-/m0/s1. The third-order valence-corrected chi connectivity index (χ3v) is 4.91. The van der Waals surface area contributed by atoms with E-state index in [4.69, 9.17) is 17.3 Å². The van der Waals surface area contributed by atoms with Crippen LogP contribution in [0.1, 0.15) is 42.5 Å². The van der Waals surface area contributed by atoms with Crippen molar-refractivity contribution in [2.45, 2.75) is 32.7 Å². The fourth-order valence-electron chi connectivity index (χ4n) is 2.67. The van der Waals surface area contributed by atoms with Crippen LogP contribution in [0.2, 0.25) is 5.02 Å². The molecular formula is C22H24ClN3O3. The topological polar surface area (TPSA) is 94.2 Å². The lowest BCUT2D eigenvalue weighted by molar-refractivity contribution is -0.121. The summed E-state index contributed by atoms with van der Waals surface area (Å²) in [5, 5.41) is 3.32.